The number of benzene rings is 2. The van der Waals surface area contributed by atoms with E-state index in [4.69, 9.17) is 14.2 Å². The van der Waals surface area contributed by atoms with E-state index in [9.17, 15) is 16.8 Å². The fraction of sp³-hybridized carbons (Fsp3) is 0.391. The Morgan fingerprint density at radius 1 is 0.824 bits per heavy atom. The van der Waals surface area contributed by atoms with Crippen molar-refractivity contribution in [3.63, 3.8) is 0 Å². The van der Waals surface area contributed by atoms with Gasteiger partial charge in [0.2, 0.25) is 20.0 Å². The van der Waals surface area contributed by atoms with E-state index < -0.39 is 25.8 Å². The van der Waals surface area contributed by atoms with Gasteiger partial charge in [-0.25, -0.2) is 16.8 Å². The maximum atomic E-state index is 13.4. The van der Waals surface area contributed by atoms with Crippen LogP contribution in [0.4, 0.5) is 0 Å². The molecule has 0 radical (unpaired) electrons. The Morgan fingerprint density at radius 2 is 1.32 bits per heavy atom. The Bertz CT molecular complexity index is 1230. The molecule has 34 heavy (non-hydrogen) atoms. The van der Waals surface area contributed by atoms with Gasteiger partial charge in [-0.1, -0.05) is 12.1 Å². The third-order valence-corrected chi connectivity index (χ3v) is 9.77. The van der Waals surface area contributed by atoms with Crippen LogP contribution in [-0.4, -0.2) is 71.6 Å². The summed E-state index contributed by atoms with van der Waals surface area (Å²) in [5.41, 5.74) is -1.07. The Labute approximate surface area is 201 Å². The molecule has 0 amide bonds. The Hall–Kier alpha value is -2.62. The van der Waals surface area contributed by atoms with Gasteiger partial charge in [0.25, 0.3) is 0 Å². The summed E-state index contributed by atoms with van der Waals surface area (Å²) < 4.78 is 72.0. The first-order chi connectivity index (χ1) is 16.2. The van der Waals surface area contributed by atoms with Crippen molar-refractivity contribution in [3.8, 4) is 24.3 Å². The van der Waals surface area contributed by atoms with Gasteiger partial charge in [-0.05, 0) is 24.3 Å². The van der Waals surface area contributed by atoms with Crippen LogP contribution in [0, 0.1) is 12.8 Å². The summed E-state index contributed by atoms with van der Waals surface area (Å²) in [7, 11) is -4.64. The van der Waals surface area contributed by atoms with Crippen LogP contribution in [0.15, 0.2) is 58.3 Å². The van der Waals surface area contributed by atoms with Crippen molar-refractivity contribution in [3.05, 3.63) is 48.5 Å². The fourth-order valence-electron chi connectivity index (χ4n) is 4.20. The smallest absolute Gasteiger partial charge is 0.245 e. The van der Waals surface area contributed by atoms with Crippen LogP contribution in [0.25, 0.3) is 0 Å². The predicted molar refractivity (Wildman–Crippen MR) is 126 cm³/mol. The molecule has 1 spiro atoms. The van der Waals surface area contributed by atoms with Gasteiger partial charge in [-0.2, -0.15) is 8.61 Å². The lowest BCUT2D eigenvalue weighted by Gasteiger charge is -2.42. The topological polar surface area (TPSA) is 102 Å². The van der Waals surface area contributed by atoms with Gasteiger partial charge >= 0.3 is 0 Å². The number of rotatable bonds is 6. The SMILES string of the molecule is C#C.COc1cccc(S(=O)(=O)N2CCC3(CC2)OCCN3S(=O)(=O)c2cccc(OC)c2)c1. The van der Waals surface area contributed by atoms with E-state index in [0.717, 1.165) is 0 Å². The summed E-state index contributed by atoms with van der Waals surface area (Å²) in [5.74, 6) is 0.897. The van der Waals surface area contributed by atoms with E-state index in [1.165, 1.54) is 47.1 Å². The average molecular weight is 509 g/mol. The third-order valence-electron chi connectivity index (χ3n) is 5.93. The summed E-state index contributed by atoms with van der Waals surface area (Å²) >= 11 is 0. The maximum Gasteiger partial charge on any atom is 0.245 e. The molecule has 0 aromatic heterocycles. The average Bonchev–Trinajstić information content (AvgIpc) is 3.29. The summed E-state index contributed by atoms with van der Waals surface area (Å²) in [6.07, 6.45) is 8.47. The van der Waals surface area contributed by atoms with Gasteiger partial charge in [-0.15, -0.1) is 12.8 Å². The zero-order chi connectivity index (χ0) is 25.0. The Balaban J connectivity index is 0.00000158. The van der Waals surface area contributed by atoms with Crippen LogP contribution in [-0.2, 0) is 24.8 Å². The Morgan fingerprint density at radius 3 is 1.82 bits per heavy atom. The molecule has 2 fully saturated rings. The van der Waals surface area contributed by atoms with Crippen LogP contribution in [0.1, 0.15) is 12.8 Å². The number of hydrogen-bond donors (Lipinski definition) is 0. The predicted octanol–water partition coefficient (Wildman–Crippen LogP) is 2.16. The van der Waals surface area contributed by atoms with E-state index in [2.05, 4.69) is 12.8 Å². The molecule has 0 unspecified atom stereocenters. The van der Waals surface area contributed by atoms with Crippen molar-refractivity contribution < 1.29 is 31.0 Å². The van der Waals surface area contributed by atoms with E-state index in [0.29, 0.717) is 11.5 Å². The normalized spacial score (nSPS) is 18.7. The molecule has 0 saturated carbocycles. The standard InChI is InChI=1S/C21H26N2O7S2.C2H2/c1-28-17-5-3-7-19(15-17)31(24,25)22-11-9-21(10-12-22)23(13-14-30-21)32(26,27)20-8-4-6-18(16-20)29-2;1-2/h3-8,15-16H,9-14H2,1-2H3;1-2H. The molecular weight excluding hydrogens is 480 g/mol. The molecule has 0 N–H and O–H groups in total. The molecule has 184 valence electrons. The molecule has 0 atom stereocenters. The molecule has 2 saturated heterocycles. The van der Waals surface area contributed by atoms with Gasteiger partial charge in [-0.3, -0.25) is 0 Å². The van der Waals surface area contributed by atoms with E-state index in [-0.39, 0.29) is 48.9 Å². The highest BCUT2D eigenvalue weighted by atomic mass is 32.2. The molecule has 11 heteroatoms. The highest BCUT2D eigenvalue weighted by molar-refractivity contribution is 7.89. The number of nitrogens with zero attached hydrogens (tertiary/aromatic N) is 2. The fourth-order valence-corrected chi connectivity index (χ4v) is 7.44. The lowest BCUT2D eigenvalue weighted by atomic mass is 10.0. The van der Waals surface area contributed by atoms with Gasteiger partial charge in [0.1, 0.15) is 17.2 Å². The first-order valence-corrected chi connectivity index (χ1v) is 13.4. The third kappa shape index (κ3) is 4.78. The second-order valence-corrected chi connectivity index (χ2v) is 11.4. The number of sulfonamides is 2. The minimum absolute atomic E-state index is 0.119. The van der Waals surface area contributed by atoms with Crippen LogP contribution in [0.2, 0.25) is 0 Å². The minimum Gasteiger partial charge on any atom is -0.497 e. The van der Waals surface area contributed by atoms with Crippen LogP contribution >= 0.6 is 0 Å². The second kappa shape index (κ2) is 10.3. The van der Waals surface area contributed by atoms with Gasteiger partial charge in [0, 0.05) is 44.6 Å². The summed E-state index contributed by atoms with van der Waals surface area (Å²) in [5, 5.41) is 0. The molecular formula is C23H28N2O7S2. The zero-order valence-electron chi connectivity index (χ0n) is 19.1. The summed E-state index contributed by atoms with van der Waals surface area (Å²) in [4.78, 5) is 0.258. The minimum atomic E-state index is -3.85. The van der Waals surface area contributed by atoms with E-state index in [1.54, 1.807) is 24.3 Å². The molecule has 2 aromatic rings. The van der Waals surface area contributed by atoms with E-state index >= 15 is 0 Å². The van der Waals surface area contributed by atoms with Crippen molar-refractivity contribution >= 4 is 20.0 Å². The number of piperidine rings is 1. The number of methoxy groups -OCH3 is 2. The molecule has 4 rings (SSSR count). The number of ether oxygens (including phenoxy) is 3. The lowest BCUT2D eigenvalue weighted by Crippen LogP contribution is -2.55. The molecule has 2 heterocycles. The highest BCUT2D eigenvalue weighted by Crippen LogP contribution is 2.39. The second-order valence-electron chi connectivity index (χ2n) is 7.63. The largest absolute Gasteiger partial charge is 0.497 e. The van der Waals surface area contributed by atoms with Gasteiger partial charge in [0.15, 0.2) is 0 Å². The quantitative estimate of drug-likeness (QED) is 0.551. The first kappa shape index (κ1) is 26.0. The summed E-state index contributed by atoms with van der Waals surface area (Å²) in [6, 6.07) is 12.6. The zero-order valence-corrected chi connectivity index (χ0v) is 20.7. The molecule has 2 aliphatic heterocycles. The van der Waals surface area contributed by atoms with Crippen molar-refractivity contribution in [2.24, 2.45) is 0 Å². The van der Waals surface area contributed by atoms with Crippen molar-refractivity contribution in [2.75, 3.05) is 40.5 Å². The van der Waals surface area contributed by atoms with Gasteiger partial charge in [0.05, 0.1) is 30.6 Å². The van der Waals surface area contributed by atoms with Gasteiger partial charge < -0.3 is 14.2 Å². The Kier molecular flexibility index (Phi) is 7.90. The highest BCUT2D eigenvalue weighted by Gasteiger charge is 2.51. The van der Waals surface area contributed by atoms with E-state index in [1.807, 2.05) is 0 Å². The number of terminal acetylenes is 1. The molecule has 0 aliphatic carbocycles. The van der Waals surface area contributed by atoms with Crippen molar-refractivity contribution in [1.82, 2.24) is 8.61 Å². The monoisotopic (exact) mass is 508 g/mol. The molecule has 2 aliphatic rings. The molecule has 0 bridgehead atoms. The van der Waals surface area contributed by atoms with Crippen molar-refractivity contribution in [2.45, 2.75) is 28.4 Å². The van der Waals surface area contributed by atoms with Crippen LogP contribution in [0.5, 0.6) is 11.5 Å². The maximum absolute atomic E-state index is 13.4. The lowest BCUT2D eigenvalue weighted by molar-refractivity contribution is -0.0806. The molecule has 2 aromatic carbocycles. The van der Waals surface area contributed by atoms with Crippen LogP contribution in [0.3, 0.4) is 0 Å². The van der Waals surface area contributed by atoms with Crippen LogP contribution < -0.4 is 9.47 Å². The molecule has 9 nitrogen and oxygen atoms in total. The first-order valence-electron chi connectivity index (χ1n) is 10.5. The van der Waals surface area contributed by atoms with Crippen molar-refractivity contribution in [1.29, 1.82) is 0 Å². The number of hydrogen-bond acceptors (Lipinski definition) is 7. The summed E-state index contributed by atoms with van der Waals surface area (Å²) in [6.45, 7) is 0.751.